The normalized spacial score (nSPS) is 14.8. The van der Waals surface area contributed by atoms with Crippen molar-refractivity contribution in [2.24, 2.45) is 11.7 Å². The molecule has 11 nitrogen and oxygen atoms in total. The van der Waals surface area contributed by atoms with Crippen molar-refractivity contribution < 1.29 is 27.1 Å². The topological polar surface area (TPSA) is 156 Å². The molecule has 0 radical (unpaired) electrons. The molecule has 0 unspecified atom stereocenters. The van der Waals surface area contributed by atoms with Gasteiger partial charge in [-0.3, -0.25) is 14.3 Å². The van der Waals surface area contributed by atoms with Gasteiger partial charge in [0.15, 0.2) is 10.9 Å². The molecule has 0 spiro atoms. The number of amides is 2. The largest absolute Gasteiger partial charge is 0.372 e. The Balaban J connectivity index is 1.20. The lowest BCUT2D eigenvalue weighted by atomic mass is 9.96. The lowest BCUT2D eigenvalue weighted by Gasteiger charge is -2.31. The number of sulfonamides is 1. The van der Waals surface area contributed by atoms with Gasteiger partial charge in [0.1, 0.15) is 10.8 Å². The molecule has 1 fully saturated rings. The number of hydrogen-bond donors (Lipinski definition) is 4. The number of thiazole rings is 1. The average Bonchev–Trinajstić information content (AvgIpc) is 3.64. The fourth-order valence-electron chi connectivity index (χ4n) is 4.42. The van der Waals surface area contributed by atoms with Crippen LogP contribution in [0.15, 0.2) is 33.9 Å². The lowest BCUT2D eigenvalue weighted by molar-refractivity contribution is -0.125. The number of rotatable bonds is 15. The fourth-order valence-corrected chi connectivity index (χ4v) is 7.38. The predicted octanol–water partition coefficient (Wildman–Crippen LogP) is 3.21. The van der Waals surface area contributed by atoms with Gasteiger partial charge in [0.2, 0.25) is 11.8 Å². The van der Waals surface area contributed by atoms with Crippen LogP contribution < -0.4 is 21.1 Å². The number of piperidine rings is 1. The second kappa shape index (κ2) is 15.0. The molecule has 0 atom stereocenters. The van der Waals surface area contributed by atoms with Gasteiger partial charge in [0.05, 0.1) is 15.9 Å². The number of halogens is 1. The first-order valence-electron chi connectivity index (χ1n) is 13.5. The molecule has 3 heterocycles. The molecule has 2 amide bonds. The predicted molar refractivity (Wildman–Crippen MR) is 159 cm³/mol. The van der Waals surface area contributed by atoms with Crippen molar-refractivity contribution in [3.05, 3.63) is 35.5 Å². The van der Waals surface area contributed by atoms with E-state index in [2.05, 4.69) is 25.2 Å². The van der Waals surface area contributed by atoms with Crippen molar-refractivity contribution in [3.63, 3.8) is 0 Å². The Labute approximate surface area is 246 Å². The van der Waals surface area contributed by atoms with Gasteiger partial charge in [-0.25, -0.2) is 17.8 Å². The molecule has 4 rings (SSSR count). The van der Waals surface area contributed by atoms with Gasteiger partial charge >= 0.3 is 0 Å². The average molecular weight is 627 g/mol. The Hall–Kier alpha value is -2.69. The zero-order valence-electron chi connectivity index (χ0n) is 22.6. The molecule has 5 N–H and O–H groups in total. The van der Waals surface area contributed by atoms with Crippen molar-refractivity contribution in [2.75, 3.05) is 56.0 Å². The van der Waals surface area contributed by atoms with Crippen LogP contribution in [0.1, 0.15) is 32.1 Å². The zero-order chi connectivity index (χ0) is 29.2. The number of carbonyl (C=O) groups is 2. The second-order valence-electron chi connectivity index (χ2n) is 9.69. The number of thiophene rings is 1. The van der Waals surface area contributed by atoms with Crippen molar-refractivity contribution in [1.29, 1.82) is 0 Å². The Morgan fingerprint density at radius 2 is 1.98 bits per heavy atom. The van der Waals surface area contributed by atoms with E-state index < -0.39 is 15.8 Å². The van der Waals surface area contributed by atoms with Gasteiger partial charge in [0.25, 0.3) is 10.0 Å². The van der Waals surface area contributed by atoms with Crippen LogP contribution in [0.4, 0.5) is 15.2 Å². The monoisotopic (exact) mass is 626 g/mol. The third-order valence-corrected chi connectivity index (χ3v) is 10.4. The SMILES string of the molecule is NCCCCCOCC(=O)NCCN1CCC(C(=O)Nc2nc3ccc(NS(=O)(=O)c4cccs4)c(F)c3s2)CC1. The number of unbranched alkanes of at least 4 members (excludes halogenated alkanes) is 2. The molecule has 224 valence electrons. The number of nitrogens with zero attached hydrogens (tertiary/aromatic N) is 2. The van der Waals surface area contributed by atoms with Gasteiger partial charge in [-0.15, -0.1) is 11.3 Å². The van der Waals surface area contributed by atoms with E-state index in [1.807, 2.05) is 0 Å². The Kier molecular flexibility index (Phi) is 11.4. The van der Waals surface area contributed by atoms with Crippen LogP contribution in [0.25, 0.3) is 10.2 Å². The first kappa shape index (κ1) is 31.3. The molecular weight excluding hydrogens is 592 g/mol. The van der Waals surface area contributed by atoms with Crippen molar-refractivity contribution in [2.45, 2.75) is 36.3 Å². The van der Waals surface area contributed by atoms with Gasteiger partial charge in [0, 0.05) is 25.6 Å². The van der Waals surface area contributed by atoms with Crippen LogP contribution >= 0.6 is 22.7 Å². The fraction of sp³-hybridized carbons (Fsp3) is 0.500. The number of carbonyl (C=O) groups excluding carboxylic acids is 2. The number of fused-ring (bicyclic) bond motifs is 1. The number of benzene rings is 1. The molecule has 2 aromatic heterocycles. The van der Waals surface area contributed by atoms with Crippen molar-refractivity contribution in [1.82, 2.24) is 15.2 Å². The van der Waals surface area contributed by atoms with E-state index in [0.29, 0.717) is 57.7 Å². The highest BCUT2D eigenvalue weighted by Gasteiger charge is 2.26. The minimum Gasteiger partial charge on any atom is -0.372 e. The van der Waals surface area contributed by atoms with Crippen LogP contribution in [-0.2, 0) is 24.3 Å². The molecule has 1 saturated heterocycles. The smallest absolute Gasteiger partial charge is 0.271 e. The Morgan fingerprint density at radius 1 is 1.17 bits per heavy atom. The number of anilines is 2. The molecule has 0 aliphatic carbocycles. The number of aromatic nitrogens is 1. The molecular formula is C26H35FN6O5S3. The number of nitrogens with two attached hydrogens (primary N) is 1. The Morgan fingerprint density at radius 3 is 2.71 bits per heavy atom. The first-order valence-corrected chi connectivity index (χ1v) is 16.7. The standard InChI is InChI=1S/C26H35FN6O5S3/c27-23-19(32-41(36,37)22-5-4-16-39-22)6-7-20-24(23)40-26(30-20)31-25(35)18-8-12-33(13-9-18)14-11-29-21(34)17-38-15-3-1-2-10-28/h4-7,16,18,32H,1-3,8-15,17,28H2,(H,29,34)(H,30,31,35). The summed E-state index contributed by atoms with van der Waals surface area (Å²) in [5.74, 6) is -1.27. The molecule has 15 heteroatoms. The number of likely N-dealkylation sites (tertiary alicyclic amines) is 1. The van der Waals surface area contributed by atoms with E-state index in [1.165, 1.54) is 18.2 Å². The second-order valence-corrected chi connectivity index (χ2v) is 13.5. The number of nitrogens with one attached hydrogen (secondary N) is 3. The Bertz CT molecular complexity index is 1410. The molecule has 3 aromatic rings. The summed E-state index contributed by atoms with van der Waals surface area (Å²) in [6, 6.07) is 5.89. The molecule has 1 aliphatic rings. The molecule has 1 aliphatic heterocycles. The van der Waals surface area contributed by atoms with E-state index >= 15 is 4.39 Å². The summed E-state index contributed by atoms with van der Waals surface area (Å²) >= 11 is 2.00. The van der Waals surface area contributed by atoms with Crippen LogP contribution in [-0.4, -0.2) is 76.1 Å². The highest BCUT2D eigenvalue weighted by molar-refractivity contribution is 7.94. The third kappa shape index (κ3) is 8.90. The summed E-state index contributed by atoms with van der Waals surface area (Å²) in [6.45, 7) is 3.89. The van der Waals surface area contributed by atoms with E-state index in [4.69, 9.17) is 10.5 Å². The summed E-state index contributed by atoms with van der Waals surface area (Å²) in [5.41, 5.74) is 5.60. The van der Waals surface area contributed by atoms with Crippen LogP contribution in [0.5, 0.6) is 0 Å². The number of hydrogen-bond acceptors (Lipinski definition) is 10. The lowest BCUT2D eigenvalue weighted by Crippen LogP contribution is -2.42. The highest BCUT2D eigenvalue weighted by Crippen LogP contribution is 2.34. The van der Waals surface area contributed by atoms with Gasteiger partial charge in [-0.1, -0.05) is 17.4 Å². The molecule has 41 heavy (non-hydrogen) atoms. The van der Waals surface area contributed by atoms with E-state index in [0.717, 1.165) is 41.9 Å². The van der Waals surface area contributed by atoms with Crippen molar-refractivity contribution in [3.8, 4) is 0 Å². The highest BCUT2D eigenvalue weighted by atomic mass is 32.2. The summed E-state index contributed by atoms with van der Waals surface area (Å²) in [5, 5.41) is 7.54. The maximum Gasteiger partial charge on any atom is 0.271 e. The van der Waals surface area contributed by atoms with Crippen LogP contribution in [0.3, 0.4) is 0 Å². The zero-order valence-corrected chi connectivity index (χ0v) is 25.0. The summed E-state index contributed by atoms with van der Waals surface area (Å²) in [4.78, 5) is 31.3. The first-order chi connectivity index (χ1) is 19.8. The minimum absolute atomic E-state index is 0.0482. The third-order valence-electron chi connectivity index (χ3n) is 6.67. The summed E-state index contributed by atoms with van der Waals surface area (Å²) < 4.78 is 48.0. The van der Waals surface area contributed by atoms with Gasteiger partial charge in [-0.2, -0.15) is 0 Å². The maximum atomic E-state index is 15.2. The maximum absolute atomic E-state index is 15.2. The van der Waals surface area contributed by atoms with Gasteiger partial charge < -0.3 is 26.0 Å². The quantitative estimate of drug-likeness (QED) is 0.188. The summed E-state index contributed by atoms with van der Waals surface area (Å²) in [6.07, 6.45) is 4.15. The van der Waals surface area contributed by atoms with Crippen LogP contribution in [0.2, 0.25) is 0 Å². The van der Waals surface area contributed by atoms with Crippen molar-refractivity contribution >= 4 is 65.5 Å². The van der Waals surface area contributed by atoms with Crippen LogP contribution in [0, 0.1) is 11.7 Å². The molecule has 0 bridgehead atoms. The van der Waals surface area contributed by atoms with Gasteiger partial charge in [-0.05, 0) is 75.3 Å². The van der Waals surface area contributed by atoms with E-state index in [9.17, 15) is 18.0 Å². The van der Waals surface area contributed by atoms with E-state index in [-0.39, 0.29) is 44.1 Å². The summed E-state index contributed by atoms with van der Waals surface area (Å²) in [7, 11) is -3.90. The van der Waals surface area contributed by atoms with E-state index in [1.54, 1.807) is 11.4 Å². The molecule has 0 saturated carbocycles. The number of ether oxygens (including phenoxy) is 1. The minimum atomic E-state index is -3.90. The molecule has 1 aromatic carbocycles.